The predicted octanol–water partition coefficient (Wildman–Crippen LogP) is 2.13. The minimum Gasteiger partial charge on any atom is -0.381 e. The third-order valence-electron chi connectivity index (χ3n) is 3.04. The molecule has 1 fully saturated rings. The van der Waals surface area contributed by atoms with Crippen molar-refractivity contribution in [2.75, 3.05) is 13.2 Å². The molecule has 5 heteroatoms. The van der Waals surface area contributed by atoms with Crippen molar-refractivity contribution < 1.29 is 4.74 Å². The average molecular weight is 235 g/mol. The van der Waals surface area contributed by atoms with E-state index in [0.29, 0.717) is 5.92 Å². The summed E-state index contributed by atoms with van der Waals surface area (Å²) in [4.78, 5) is 7.26. The first kappa shape index (κ1) is 9.99. The molecule has 0 aromatic carbocycles. The SMILES string of the molecule is S=c1[nH]c2cnccc2n1CC1CCOC1. The van der Waals surface area contributed by atoms with Gasteiger partial charge in [0.05, 0.1) is 23.8 Å². The molecule has 16 heavy (non-hydrogen) atoms. The van der Waals surface area contributed by atoms with Crippen LogP contribution in [0.5, 0.6) is 0 Å². The van der Waals surface area contributed by atoms with E-state index in [1.54, 1.807) is 6.20 Å². The van der Waals surface area contributed by atoms with Crippen molar-refractivity contribution in [3.8, 4) is 0 Å². The van der Waals surface area contributed by atoms with Crippen LogP contribution in [0.25, 0.3) is 11.0 Å². The van der Waals surface area contributed by atoms with Gasteiger partial charge in [0.1, 0.15) is 0 Å². The summed E-state index contributed by atoms with van der Waals surface area (Å²) in [5.74, 6) is 0.582. The van der Waals surface area contributed by atoms with Crippen LogP contribution < -0.4 is 0 Å². The number of imidazole rings is 1. The third-order valence-corrected chi connectivity index (χ3v) is 3.36. The van der Waals surface area contributed by atoms with Gasteiger partial charge in [-0.15, -0.1) is 0 Å². The molecule has 0 saturated carbocycles. The first-order chi connectivity index (χ1) is 7.84. The lowest BCUT2D eigenvalue weighted by atomic mass is 10.1. The van der Waals surface area contributed by atoms with Gasteiger partial charge >= 0.3 is 0 Å². The number of hydrogen-bond acceptors (Lipinski definition) is 3. The number of nitrogens with zero attached hydrogens (tertiary/aromatic N) is 2. The lowest BCUT2D eigenvalue weighted by molar-refractivity contribution is 0.182. The highest BCUT2D eigenvalue weighted by Gasteiger charge is 2.17. The van der Waals surface area contributed by atoms with E-state index in [4.69, 9.17) is 17.0 Å². The fourth-order valence-electron chi connectivity index (χ4n) is 2.18. The van der Waals surface area contributed by atoms with Crippen LogP contribution in [0.3, 0.4) is 0 Å². The molecule has 0 bridgehead atoms. The van der Waals surface area contributed by atoms with Crippen molar-refractivity contribution >= 4 is 23.3 Å². The average Bonchev–Trinajstić information content (AvgIpc) is 2.89. The van der Waals surface area contributed by atoms with Crippen LogP contribution in [-0.2, 0) is 11.3 Å². The van der Waals surface area contributed by atoms with Gasteiger partial charge in [0.25, 0.3) is 0 Å². The van der Waals surface area contributed by atoms with Crippen molar-refractivity contribution in [3.63, 3.8) is 0 Å². The molecule has 0 amide bonds. The van der Waals surface area contributed by atoms with E-state index in [1.807, 2.05) is 12.3 Å². The fraction of sp³-hybridized carbons (Fsp3) is 0.455. The van der Waals surface area contributed by atoms with Crippen LogP contribution >= 0.6 is 12.2 Å². The van der Waals surface area contributed by atoms with Crippen LogP contribution in [-0.4, -0.2) is 27.7 Å². The number of pyridine rings is 1. The molecular weight excluding hydrogens is 222 g/mol. The van der Waals surface area contributed by atoms with Crippen molar-refractivity contribution in [3.05, 3.63) is 23.2 Å². The van der Waals surface area contributed by atoms with Crippen LogP contribution in [0.1, 0.15) is 6.42 Å². The van der Waals surface area contributed by atoms with Gasteiger partial charge in [0.2, 0.25) is 0 Å². The van der Waals surface area contributed by atoms with Gasteiger partial charge in [-0.05, 0) is 24.7 Å². The van der Waals surface area contributed by atoms with E-state index in [9.17, 15) is 0 Å². The summed E-state index contributed by atoms with van der Waals surface area (Å²) in [6, 6.07) is 2.00. The molecule has 2 aromatic rings. The predicted molar refractivity (Wildman–Crippen MR) is 63.8 cm³/mol. The number of fused-ring (bicyclic) bond motifs is 1. The van der Waals surface area contributed by atoms with E-state index in [0.717, 1.165) is 42.0 Å². The number of ether oxygens (including phenoxy) is 1. The number of aromatic amines is 1. The van der Waals surface area contributed by atoms with Gasteiger partial charge in [-0.3, -0.25) is 4.98 Å². The number of aromatic nitrogens is 3. The minimum absolute atomic E-state index is 0.582. The van der Waals surface area contributed by atoms with E-state index < -0.39 is 0 Å². The van der Waals surface area contributed by atoms with Crippen LogP contribution in [0.4, 0.5) is 0 Å². The fourth-order valence-corrected chi connectivity index (χ4v) is 2.46. The Balaban J connectivity index is 2.01. The van der Waals surface area contributed by atoms with Gasteiger partial charge in [-0.25, -0.2) is 0 Å². The highest BCUT2D eigenvalue weighted by molar-refractivity contribution is 7.71. The first-order valence-corrected chi connectivity index (χ1v) is 5.85. The van der Waals surface area contributed by atoms with Crippen molar-refractivity contribution in [1.29, 1.82) is 0 Å². The minimum atomic E-state index is 0.582. The number of hydrogen-bond donors (Lipinski definition) is 1. The molecule has 1 aliphatic rings. The monoisotopic (exact) mass is 235 g/mol. The van der Waals surface area contributed by atoms with Gasteiger partial charge in [0.15, 0.2) is 4.77 Å². The maximum atomic E-state index is 5.39. The molecule has 2 aromatic heterocycles. The van der Waals surface area contributed by atoms with Gasteiger partial charge in [0, 0.05) is 25.3 Å². The maximum absolute atomic E-state index is 5.39. The van der Waals surface area contributed by atoms with E-state index in [1.165, 1.54) is 0 Å². The largest absolute Gasteiger partial charge is 0.381 e. The molecule has 1 atom stereocenters. The summed E-state index contributed by atoms with van der Waals surface area (Å²) in [5.41, 5.74) is 2.14. The Labute approximate surface area is 98.3 Å². The number of rotatable bonds is 2. The summed E-state index contributed by atoms with van der Waals surface area (Å²) in [7, 11) is 0. The number of H-pyrrole nitrogens is 1. The van der Waals surface area contributed by atoms with Crippen LogP contribution in [0, 0.1) is 10.7 Å². The van der Waals surface area contributed by atoms with E-state index in [-0.39, 0.29) is 0 Å². The molecule has 0 aliphatic carbocycles. The zero-order valence-corrected chi connectivity index (χ0v) is 9.67. The third kappa shape index (κ3) is 1.66. The Hall–Kier alpha value is -1.20. The normalized spacial score (nSPS) is 20.6. The smallest absolute Gasteiger partial charge is 0.178 e. The van der Waals surface area contributed by atoms with Gasteiger partial charge in [-0.2, -0.15) is 0 Å². The molecule has 3 rings (SSSR count). The van der Waals surface area contributed by atoms with Crippen LogP contribution in [0.2, 0.25) is 0 Å². The molecule has 1 aliphatic heterocycles. The zero-order valence-electron chi connectivity index (χ0n) is 8.85. The molecule has 0 spiro atoms. The van der Waals surface area contributed by atoms with Gasteiger partial charge in [-0.1, -0.05) is 0 Å². The molecule has 1 unspecified atom stereocenters. The highest BCUT2D eigenvalue weighted by atomic mass is 32.1. The second-order valence-electron chi connectivity index (χ2n) is 4.16. The second-order valence-corrected chi connectivity index (χ2v) is 4.55. The molecule has 0 radical (unpaired) electrons. The van der Waals surface area contributed by atoms with Gasteiger partial charge < -0.3 is 14.3 Å². The molecule has 3 heterocycles. The summed E-state index contributed by atoms with van der Waals surface area (Å²) < 4.78 is 8.31. The standard InChI is InChI=1S/C11H13N3OS/c16-11-13-9-5-12-3-1-10(9)14(11)6-8-2-4-15-7-8/h1,3,5,8H,2,4,6-7H2,(H,13,16). The molecule has 84 valence electrons. The maximum Gasteiger partial charge on any atom is 0.178 e. The Morgan fingerprint density at radius 1 is 1.62 bits per heavy atom. The molecule has 4 nitrogen and oxygen atoms in total. The Kier molecular flexibility index (Phi) is 2.49. The molecular formula is C11H13N3OS. The summed E-state index contributed by atoms with van der Waals surface area (Å²) in [6.07, 6.45) is 4.74. The zero-order chi connectivity index (χ0) is 11.0. The molecule has 1 saturated heterocycles. The Morgan fingerprint density at radius 2 is 2.56 bits per heavy atom. The van der Waals surface area contributed by atoms with E-state index >= 15 is 0 Å². The van der Waals surface area contributed by atoms with E-state index in [2.05, 4.69) is 14.5 Å². The van der Waals surface area contributed by atoms with Crippen molar-refractivity contribution in [2.24, 2.45) is 5.92 Å². The quantitative estimate of drug-likeness (QED) is 0.811. The lowest BCUT2D eigenvalue weighted by Crippen LogP contribution is -2.10. The summed E-state index contributed by atoms with van der Waals surface area (Å²) in [6.45, 7) is 2.66. The number of nitrogens with one attached hydrogen (secondary N) is 1. The van der Waals surface area contributed by atoms with Crippen molar-refractivity contribution in [2.45, 2.75) is 13.0 Å². The topological polar surface area (TPSA) is 42.8 Å². The highest BCUT2D eigenvalue weighted by Crippen LogP contribution is 2.19. The lowest BCUT2D eigenvalue weighted by Gasteiger charge is -2.09. The van der Waals surface area contributed by atoms with Crippen LogP contribution in [0.15, 0.2) is 18.5 Å². The van der Waals surface area contributed by atoms with Crippen molar-refractivity contribution in [1.82, 2.24) is 14.5 Å². The second kappa shape index (κ2) is 3.99. The summed E-state index contributed by atoms with van der Waals surface area (Å²) in [5, 5.41) is 0. The molecule has 1 N–H and O–H groups in total. The Bertz CT molecular complexity index is 554. The summed E-state index contributed by atoms with van der Waals surface area (Å²) >= 11 is 5.33. The Morgan fingerprint density at radius 3 is 3.38 bits per heavy atom. The first-order valence-electron chi connectivity index (χ1n) is 5.45.